The Morgan fingerprint density at radius 1 is 1.40 bits per heavy atom. The van der Waals surface area contributed by atoms with Crippen LogP contribution in [0, 0.1) is 13.8 Å². The van der Waals surface area contributed by atoms with E-state index in [1.54, 1.807) is 13.0 Å². The van der Waals surface area contributed by atoms with E-state index in [9.17, 15) is 9.59 Å². The number of pyridine rings is 1. The molecular weight excluding hydrogens is 258 g/mol. The lowest BCUT2D eigenvalue weighted by Crippen LogP contribution is -2.42. The van der Waals surface area contributed by atoms with Gasteiger partial charge in [0.2, 0.25) is 0 Å². The number of hydrogen-bond donors (Lipinski definition) is 2. The second-order valence-electron chi connectivity index (χ2n) is 4.75. The number of urea groups is 1. The molecule has 20 heavy (non-hydrogen) atoms. The molecule has 0 saturated heterocycles. The summed E-state index contributed by atoms with van der Waals surface area (Å²) >= 11 is 0. The van der Waals surface area contributed by atoms with Crippen molar-refractivity contribution in [1.29, 1.82) is 0 Å². The molecule has 0 fully saturated rings. The first-order valence-electron chi connectivity index (χ1n) is 6.58. The van der Waals surface area contributed by atoms with Gasteiger partial charge in [0.15, 0.2) is 0 Å². The van der Waals surface area contributed by atoms with Crippen LogP contribution in [-0.2, 0) is 4.79 Å². The summed E-state index contributed by atoms with van der Waals surface area (Å²) in [5.41, 5.74) is 2.26. The molecule has 0 spiro atoms. The summed E-state index contributed by atoms with van der Waals surface area (Å²) < 4.78 is 0. The number of aliphatic carboxylic acids is 1. The van der Waals surface area contributed by atoms with Crippen molar-refractivity contribution < 1.29 is 14.7 Å². The van der Waals surface area contributed by atoms with Crippen molar-refractivity contribution in [3.8, 4) is 0 Å². The molecule has 6 nitrogen and oxygen atoms in total. The standard InChI is InChI=1S/C14H21N3O3/c1-5-17(10(3)8-13(18)19)14(20)16-12-7-6-9(2)15-11(12)4/h6-7,10H,5,8H2,1-4H3,(H,16,20)(H,18,19). The molecule has 6 heteroatoms. The van der Waals surface area contributed by atoms with Crippen LogP contribution in [0.4, 0.5) is 10.5 Å². The number of amides is 2. The molecule has 0 aliphatic heterocycles. The topological polar surface area (TPSA) is 82.5 Å². The van der Waals surface area contributed by atoms with Crippen LogP contribution in [0.15, 0.2) is 12.1 Å². The van der Waals surface area contributed by atoms with Crippen molar-refractivity contribution in [3.05, 3.63) is 23.5 Å². The number of anilines is 1. The minimum Gasteiger partial charge on any atom is -0.481 e. The Morgan fingerprint density at radius 3 is 2.55 bits per heavy atom. The van der Waals surface area contributed by atoms with Crippen molar-refractivity contribution in [3.63, 3.8) is 0 Å². The van der Waals surface area contributed by atoms with Gasteiger partial charge in [0.25, 0.3) is 0 Å². The molecule has 0 bridgehead atoms. The summed E-state index contributed by atoms with van der Waals surface area (Å²) in [7, 11) is 0. The Balaban J connectivity index is 2.79. The first-order valence-corrected chi connectivity index (χ1v) is 6.58. The normalized spacial score (nSPS) is 11.8. The second-order valence-corrected chi connectivity index (χ2v) is 4.75. The van der Waals surface area contributed by atoms with E-state index in [2.05, 4.69) is 10.3 Å². The molecule has 1 unspecified atom stereocenters. The van der Waals surface area contributed by atoms with Gasteiger partial charge in [-0.15, -0.1) is 0 Å². The molecule has 0 aliphatic carbocycles. The largest absolute Gasteiger partial charge is 0.481 e. The Morgan fingerprint density at radius 2 is 2.05 bits per heavy atom. The summed E-state index contributed by atoms with van der Waals surface area (Å²) in [6.45, 7) is 7.68. The average Bonchev–Trinajstić information content (AvgIpc) is 2.32. The maximum atomic E-state index is 12.2. The van der Waals surface area contributed by atoms with E-state index in [1.807, 2.05) is 26.8 Å². The molecule has 1 heterocycles. The predicted octanol–water partition coefficient (Wildman–Crippen LogP) is 2.42. The monoisotopic (exact) mass is 279 g/mol. The van der Waals surface area contributed by atoms with Crippen LogP contribution in [0.3, 0.4) is 0 Å². The van der Waals surface area contributed by atoms with Crippen molar-refractivity contribution in [2.75, 3.05) is 11.9 Å². The molecule has 1 rings (SSSR count). The van der Waals surface area contributed by atoms with E-state index >= 15 is 0 Å². The number of aromatic nitrogens is 1. The van der Waals surface area contributed by atoms with Crippen LogP contribution < -0.4 is 5.32 Å². The van der Waals surface area contributed by atoms with Crippen LogP contribution in [-0.4, -0.2) is 39.6 Å². The van der Waals surface area contributed by atoms with Crippen molar-refractivity contribution in [2.45, 2.75) is 40.2 Å². The zero-order chi connectivity index (χ0) is 15.3. The average molecular weight is 279 g/mol. The van der Waals surface area contributed by atoms with E-state index in [0.29, 0.717) is 12.2 Å². The van der Waals surface area contributed by atoms with Crippen LogP contribution in [0.1, 0.15) is 31.7 Å². The highest BCUT2D eigenvalue weighted by molar-refractivity contribution is 5.90. The molecule has 110 valence electrons. The zero-order valence-corrected chi connectivity index (χ0v) is 12.3. The minimum atomic E-state index is -0.920. The molecule has 1 atom stereocenters. The fourth-order valence-electron chi connectivity index (χ4n) is 2.02. The Hall–Kier alpha value is -2.11. The number of rotatable bonds is 5. The smallest absolute Gasteiger partial charge is 0.322 e. The third kappa shape index (κ3) is 4.22. The SMILES string of the molecule is CCN(C(=O)Nc1ccc(C)nc1C)C(C)CC(=O)O. The Kier molecular flexibility index (Phi) is 5.49. The molecule has 1 aromatic rings. The third-order valence-electron chi connectivity index (χ3n) is 3.07. The van der Waals surface area contributed by atoms with Crippen molar-refractivity contribution >= 4 is 17.7 Å². The lowest BCUT2D eigenvalue weighted by molar-refractivity contribution is -0.137. The lowest BCUT2D eigenvalue weighted by Gasteiger charge is -2.27. The van der Waals surface area contributed by atoms with Crippen LogP contribution in [0.25, 0.3) is 0 Å². The van der Waals surface area contributed by atoms with Crippen molar-refractivity contribution in [1.82, 2.24) is 9.88 Å². The fourth-order valence-corrected chi connectivity index (χ4v) is 2.02. The molecule has 0 saturated carbocycles. The van der Waals surface area contributed by atoms with E-state index in [0.717, 1.165) is 11.4 Å². The minimum absolute atomic E-state index is 0.0770. The van der Waals surface area contributed by atoms with Gasteiger partial charge in [0, 0.05) is 18.3 Å². The van der Waals surface area contributed by atoms with E-state index in [4.69, 9.17) is 5.11 Å². The summed E-state index contributed by atoms with van der Waals surface area (Å²) in [6, 6.07) is 2.94. The Labute approximate surface area is 118 Å². The number of nitrogens with one attached hydrogen (secondary N) is 1. The first kappa shape index (κ1) is 15.9. The molecule has 0 aliphatic rings. The Bertz CT molecular complexity index is 502. The van der Waals surface area contributed by atoms with Gasteiger partial charge in [-0.1, -0.05) is 0 Å². The van der Waals surface area contributed by atoms with Gasteiger partial charge in [0.1, 0.15) is 0 Å². The van der Waals surface area contributed by atoms with Gasteiger partial charge in [-0.25, -0.2) is 4.79 Å². The zero-order valence-electron chi connectivity index (χ0n) is 12.3. The van der Waals surface area contributed by atoms with Gasteiger partial charge in [-0.3, -0.25) is 9.78 Å². The summed E-state index contributed by atoms with van der Waals surface area (Å²) in [5, 5.41) is 11.6. The maximum absolute atomic E-state index is 12.2. The van der Waals surface area contributed by atoms with Crippen LogP contribution in [0.2, 0.25) is 0 Å². The second kappa shape index (κ2) is 6.88. The molecule has 0 radical (unpaired) electrons. The van der Waals surface area contributed by atoms with E-state index in [1.165, 1.54) is 4.90 Å². The van der Waals surface area contributed by atoms with Gasteiger partial charge in [-0.2, -0.15) is 0 Å². The fraction of sp³-hybridized carbons (Fsp3) is 0.500. The third-order valence-corrected chi connectivity index (χ3v) is 3.07. The highest BCUT2D eigenvalue weighted by Gasteiger charge is 2.21. The quantitative estimate of drug-likeness (QED) is 0.867. The molecular formula is C14H21N3O3. The summed E-state index contributed by atoms with van der Waals surface area (Å²) in [6.07, 6.45) is -0.0770. The number of carbonyl (C=O) groups is 2. The highest BCUT2D eigenvalue weighted by atomic mass is 16.4. The van der Waals surface area contributed by atoms with Gasteiger partial charge < -0.3 is 15.3 Å². The molecule has 1 aromatic heterocycles. The van der Waals surface area contributed by atoms with Crippen LogP contribution in [0.5, 0.6) is 0 Å². The van der Waals surface area contributed by atoms with Gasteiger partial charge in [-0.05, 0) is 39.8 Å². The lowest BCUT2D eigenvalue weighted by atomic mass is 10.2. The first-order chi connectivity index (χ1) is 9.35. The summed E-state index contributed by atoms with van der Waals surface area (Å²) in [4.78, 5) is 28.7. The van der Waals surface area contributed by atoms with Crippen LogP contribution >= 0.6 is 0 Å². The van der Waals surface area contributed by atoms with Gasteiger partial charge >= 0.3 is 12.0 Å². The highest BCUT2D eigenvalue weighted by Crippen LogP contribution is 2.14. The maximum Gasteiger partial charge on any atom is 0.322 e. The number of carbonyl (C=O) groups excluding carboxylic acids is 1. The number of hydrogen-bond acceptors (Lipinski definition) is 3. The summed E-state index contributed by atoms with van der Waals surface area (Å²) in [5.74, 6) is -0.920. The molecule has 2 amide bonds. The van der Waals surface area contributed by atoms with E-state index < -0.39 is 5.97 Å². The molecule has 0 aromatic carbocycles. The van der Waals surface area contributed by atoms with Crippen molar-refractivity contribution in [2.24, 2.45) is 0 Å². The predicted molar refractivity (Wildman–Crippen MR) is 76.8 cm³/mol. The number of nitrogens with zero attached hydrogens (tertiary/aromatic N) is 2. The number of carboxylic acid groups (broad SMARTS) is 1. The number of carboxylic acids is 1. The number of aryl methyl sites for hydroxylation is 2. The van der Waals surface area contributed by atoms with E-state index in [-0.39, 0.29) is 18.5 Å². The van der Waals surface area contributed by atoms with Gasteiger partial charge in [0.05, 0.1) is 17.8 Å². The molecule has 2 N–H and O–H groups in total.